The Hall–Kier alpha value is -1.93. The molecule has 0 spiro atoms. The Morgan fingerprint density at radius 1 is 1.42 bits per heavy atom. The predicted octanol–water partition coefficient (Wildman–Crippen LogP) is 0.785. The summed E-state index contributed by atoms with van der Waals surface area (Å²) in [6.07, 6.45) is 1.96. The highest BCUT2D eigenvalue weighted by atomic mass is 16.6. The van der Waals surface area contributed by atoms with Gasteiger partial charge in [-0.3, -0.25) is 9.36 Å². The molecule has 0 bridgehead atoms. The summed E-state index contributed by atoms with van der Waals surface area (Å²) >= 11 is 0. The fourth-order valence-electron chi connectivity index (χ4n) is 1.78. The SMILES string of the molecule is CC.COC(CN)(CCn1ccc(N)nc1=O)COC(=O)C(C)C. The van der Waals surface area contributed by atoms with Gasteiger partial charge in [0.15, 0.2) is 0 Å². The molecule has 0 aliphatic heterocycles. The Kier molecular flexibility index (Phi) is 9.91. The van der Waals surface area contributed by atoms with Gasteiger partial charge in [0.25, 0.3) is 0 Å². The molecule has 0 saturated carbocycles. The molecule has 24 heavy (non-hydrogen) atoms. The number of aryl methyl sites for hydroxylation is 1. The Balaban J connectivity index is 0.00000254. The van der Waals surface area contributed by atoms with Crippen molar-refractivity contribution in [2.45, 2.75) is 46.3 Å². The smallest absolute Gasteiger partial charge is 0.349 e. The minimum Gasteiger partial charge on any atom is -0.462 e. The van der Waals surface area contributed by atoms with Crippen LogP contribution in [0.1, 0.15) is 34.1 Å². The molecule has 4 N–H and O–H groups in total. The number of nitrogens with two attached hydrogens (primary N) is 2. The maximum absolute atomic E-state index is 11.7. The molecule has 1 aromatic rings. The highest BCUT2D eigenvalue weighted by Gasteiger charge is 2.30. The van der Waals surface area contributed by atoms with Crippen molar-refractivity contribution in [2.75, 3.05) is 26.0 Å². The second-order valence-corrected chi connectivity index (χ2v) is 5.43. The number of nitrogens with zero attached hydrogens (tertiary/aromatic N) is 2. The summed E-state index contributed by atoms with van der Waals surface area (Å²) in [4.78, 5) is 26.9. The first-order valence-electron chi connectivity index (χ1n) is 8.08. The summed E-state index contributed by atoms with van der Waals surface area (Å²) in [5.41, 5.74) is 9.93. The van der Waals surface area contributed by atoms with Gasteiger partial charge >= 0.3 is 11.7 Å². The van der Waals surface area contributed by atoms with Gasteiger partial charge in [-0.25, -0.2) is 4.79 Å². The lowest BCUT2D eigenvalue weighted by Gasteiger charge is -2.31. The lowest BCUT2D eigenvalue weighted by Crippen LogP contribution is -2.46. The second-order valence-electron chi connectivity index (χ2n) is 5.43. The third-order valence-electron chi connectivity index (χ3n) is 3.46. The molecule has 1 rings (SSSR count). The van der Waals surface area contributed by atoms with Crippen LogP contribution in [0, 0.1) is 5.92 Å². The van der Waals surface area contributed by atoms with Gasteiger partial charge in [0.2, 0.25) is 0 Å². The number of esters is 1. The molecule has 0 aromatic carbocycles. The molecule has 1 aromatic heterocycles. The van der Waals surface area contributed by atoms with Gasteiger partial charge in [-0.15, -0.1) is 0 Å². The first-order valence-corrected chi connectivity index (χ1v) is 8.08. The van der Waals surface area contributed by atoms with Crippen LogP contribution in [0.4, 0.5) is 5.82 Å². The number of nitrogen functional groups attached to an aromatic ring is 1. The Morgan fingerprint density at radius 3 is 2.50 bits per heavy atom. The zero-order chi connectivity index (χ0) is 18.8. The Bertz CT molecular complexity index is 553. The van der Waals surface area contributed by atoms with Crippen LogP contribution in [-0.4, -0.2) is 41.4 Å². The van der Waals surface area contributed by atoms with E-state index in [2.05, 4.69) is 4.98 Å². The van der Waals surface area contributed by atoms with Gasteiger partial charge in [-0.1, -0.05) is 27.7 Å². The number of rotatable bonds is 8. The molecule has 0 saturated heterocycles. The fourth-order valence-corrected chi connectivity index (χ4v) is 1.78. The monoisotopic (exact) mass is 342 g/mol. The van der Waals surface area contributed by atoms with Crippen LogP contribution in [0.25, 0.3) is 0 Å². The molecular weight excluding hydrogens is 312 g/mol. The molecule has 138 valence electrons. The number of methoxy groups -OCH3 is 1. The Morgan fingerprint density at radius 2 is 2.04 bits per heavy atom. The quantitative estimate of drug-likeness (QED) is 0.669. The van der Waals surface area contributed by atoms with Crippen molar-refractivity contribution in [1.29, 1.82) is 0 Å². The van der Waals surface area contributed by atoms with Crippen molar-refractivity contribution in [2.24, 2.45) is 11.7 Å². The van der Waals surface area contributed by atoms with Crippen molar-refractivity contribution in [3.8, 4) is 0 Å². The van der Waals surface area contributed by atoms with E-state index in [1.165, 1.54) is 17.7 Å². The van der Waals surface area contributed by atoms with Crippen molar-refractivity contribution < 1.29 is 14.3 Å². The second kappa shape index (κ2) is 10.8. The summed E-state index contributed by atoms with van der Waals surface area (Å²) < 4.78 is 12.1. The summed E-state index contributed by atoms with van der Waals surface area (Å²) in [6, 6.07) is 1.54. The number of aromatic nitrogens is 2. The highest BCUT2D eigenvalue weighted by molar-refractivity contribution is 5.71. The standard InChI is InChI=1S/C14H24N4O4.C2H6/c1-10(2)12(19)22-9-14(8-15,21-3)5-7-18-6-4-11(16)17-13(18)20;1-2/h4,6,10H,5,7-9,15H2,1-3H3,(H2,16,17,20);1-2H3. The van der Waals surface area contributed by atoms with E-state index in [9.17, 15) is 9.59 Å². The van der Waals surface area contributed by atoms with E-state index in [1.807, 2.05) is 13.8 Å². The maximum atomic E-state index is 11.7. The molecule has 0 radical (unpaired) electrons. The zero-order valence-electron chi connectivity index (χ0n) is 15.2. The third kappa shape index (κ3) is 6.67. The molecule has 0 aliphatic rings. The van der Waals surface area contributed by atoms with Crippen molar-refractivity contribution in [1.82, 2.24) is 9.55 Å². The molecule has 1 heterocycles. The minimum atomic E-state index is -0.842. The molecule has 0 fully saturated rings. The van der Waals surface area contributed by atoms with Crippen LogP contribution < -0.4 is 17.2 Å². The predicted molar refractivity (Wildman–Crippen MR) is 93.5 cm³/mol. The topological polar surface area (TPSA) is 122 Å². The first kappa shape index (κ1) is 22.1. The minimum absolute atomic E-state index is 0.0359. The van der Waals surface area contributed by atoms with Crippen LogP contribution in [0.15, 0.2) is 17.1 Å². The molecule has 0 amide bonds. The number of carbonyl (C=O) groups excluding carboxylic acids is 1. The van der Waals surface area contributed by atoms with E-state index in [0.717, 1.165) is 0 Å². The van der Waals surface area contributed by atoms with Gasteiger partial charge in [-0.05, 0) is 12.5 Å². The van der Waals surface area contributed by atoms with E-state index in [4.69, 9.17) is 20.9 Å². The van der Waals surface area contributed by atoms with Crippen LogP contribution in [0.5, 0.6) is 0 Å². The molecule has 1 atom stereocenters. The fraction of sp³-hybridized carbons (Fsp3) is 0.688. The average Bonchev–Trinajstić information content (AvgIpc) is 2.58. The van der Waals surface area contributed by atoms with E-state index in [0.29, 0.717) is 13.0 Å². The number of ether oxygens (including phenoxy) is 2. The molecule has 8 nitrogen and oxygen atoms in total. The molecule has 0 aliphatic carbocycles. The van der Waals surface area contributed by atoms with Crippen LogP contribution in [-0.2, 0) is 20.8 Å². The van der Waals surface area contributed by atoms with Gasteiger partial charge in [-0.2, -0.15) is 4.98 Å². The largest absolute Gasteiger partial charge is 0.462 e. The maximum Gasteiger partial charge on any atom is 0.349 e. The first-order chi connectivity index (χ1) is 11.3. The van der Waals surface area contributed by atoms with E-state index in [1.54, 1.807) is 20.0 Å². The molecular formula is C16H30N4O4. The number of carbonyl (C=O) groups is 1. The lowest BCUT2D eigenvalue weighted by molar-refractivity contribution is -0.157. The van der Waals surface area contributed by atoms with Crippen molar-refractivity contribution in [3.63, 3.8) is 0 Å². The summed E-state index contributed by atoms with van der Waals surface area (Å²) in [6.45, 7) is 8.02. The third-order valence-corrected chi connectivity index (χ3v) is 3.46. The van der Waals surface area contributed by atoms with E-state index in [-0.39, 0.29) is 30.9 Å². The van der Waals surface area contributed by atoms with Gasteiger partial charge in [0.05, 0.1) is 5.92 Å². The van der Waals surface area contributed by atoms with Gasteiger partial charge < -0.3 is 20.9 Å². The number of hydrogen-bond acceptors (Lipinski definition) is 7. The van der Waals surface area contributed by atoms with Gasteiger partial charge in [0, 0.05) is 26.4 Å². The normalized spacial score (nSPS) is 13.0. The van der Waals surface area contributed by atoms with Crippen molar-refractivity contribution >= 4 is 11.8 Å². The highest BCUT2D eigenvalue weighted by Crippen LogP contribution is 2.16. The van der Waals surface area contributed by atoms with E-state index >= 15 is 0 Å². The summed E-state index contributed by atoms with van der Waals surface area (Å²) in [7, 11) is 1.50. The van der Waals surface area contributed by atoms with Crippen LogP contribution in [0.2, 0.25) is 0 Å². The molecule has 1 unspecified atom stereocenters. The van der Waals surface area contributed by atoms with Crippen molar-refractivity contribution in [3.05, 3.63) is 22.7 Å². The Labute approximate surface area is 143 Å². The number of anilines is 1. The van der Waals surface area contributed by atoms with Gasteiger partial charge in [0.1, 0.15) is 18.0 Å². The lowest BCUT2D eigenvalue weighted by atomic mass is 10.0. The van der Waals surface area contributed by atoms with Crippen LogP contribution >= 0.6 is 0 Å². The summed E-state index contributed by atoms with van der Waals surface area (Å²) in [5.74, 6) is -0.374. The summed E-state index contributed by atoms with van der Waals surface area (Å²) in [5, 5.41) is 0. The van der Waals surface area contributed by atoms with Crippen LogP contribution in [0.3, 0.4) is 0 Å². The number of hydrogen-bond donors (Lipinski definition) is 2. The van der Waals surface area contributed by atoms with E-state index < -0.39 is 11.3 Å². The molecule has 8 heteroatoms. The zero-order valence-corrected chi connectivity index (χ0v) is 15.2. The average molecular weight is 342 g/mol.